The number of nitrogens with two attached hydrogens (primary N) is 2. The fourth-order valence-electron chi connectivity index (χ4n) is 2.76. The highest BCUT2D eigenvalue weighted by atomic mass is 35.5. The fraction of sp³-hybridized carbons (Fsp3) is 0.412. The molecule has 1 aliphatic heterocycles. The molecular weight excluding hydrogens is 361 g/mol. The van der Waals surface area contributed by atoms with Gasteiger partial charge in [-0.3, -0.25) is 0 Å². The standard InChI is InChI=1S/C17H21ClFN5S/c1-11-3-2-4-12(14(11)18)25-16-15(21)23-13(9-22-16)24-7-5-17(19,10-20)6-8-24/h2-4,9H,5-8,10,20H2,1H3,(H2,21,23). The number of aromatic nitrogens is 2. The minimum atomic E-state index is -1.27. The lowest BCUT2D eigenvalue weighted by molar-refractivity contribution is 0.135. The number of benzene rings is 1. The van der Waals surface area contributed by atoms with Gasteiger partial charge in [-0.1, -0.05) is 35.5 Å². The monoisotopic (exact) mass is 381 g/mol. The van der Waals surface area contributed by atoms with Gasteiger partial charge in [0.2, 0.25) is 0 Å². The van der Waals surface area contributed by atoms with E-state index in [0.717, 1.165) is 10.5 Å². The van der Waals surface area contributed by atoms with E-state index in [1.54, 1.807) is 6.20 Å². The van der Waals surface area contributed by atoms with Gasteiger partial charge in [-0.15, -0.1) is 0 Å². The quantitative estimate of drug-likeness (QED) is 0.844. The van der Waals surface area contributed by atoms with Gasteiger partial charge in [0.05, 0.1) is 11.2 Å². The summed E-state index contributed by atoms with van der Waals surface area (Å²) in [7, 11) is 0. The molecule has 1 aromatic heterocycles. The molecule has 4 N–H and O–H groups in total. The Labute approximate surface area is 156 Å². The maximum Gasteiger partial charge on any atom is 0.158 e. The zero-order valence-electron chi connectivity index (χ0n) is 14.0. The minimum absolute atomic E-state index is 0.0570. The molecule has 1 aromatic carbocycles. The second-order valence-electron chi connectivity index (χ2n) is 6.25. The van der Waals surface area contributed by atoms with E-state index in [4.69, 9.17) is 23.1 Å². The third-order valence-corrected chi connectivity index (χ3v) is 6.15. The van der Waals surface area contributed by atoms with Crippen molar-refractivity contribution in [2.24, 2.45) is 5.73 Å². The largest absolute Gasteiger partial charge is 0.381 e. The predicted octanol–water partition coefficient (Wildman–Crippen LogP) is 3.44. The van der Waals surface area contributed by atoms with Gasteiger partial charge in [-0.2, -0.15) is 0 Å². The molecular formula is C17H21ClFN5S. The predicted molar refractivity (Wildman–Crippen MR) is 101 cm³/mol. The van der Waals surface area contributed by atoms with E-state index in [1.165, 1.54) is 11.8 Å². The van der Waals surface area contributed by atoms with Crippen LogP contribution in [0.1, 0.15) is 18.4 Å². The van der Waals surface area contributed by atoms with E-state index < -0.39 is 5.67 Å². The van der Waals surface area contributed by atoms with E-state index in [0.29, 0.717) is 47.6 Å². The number of anilines is 2. The molecule has 0 bridgehead atoms. The summed E-state index contributed by atoms with van der Waals surface area (Å²) in [6.07, 6.45) is 2.46. The Morgan fingerprint density at radius 2 is 2.08 bits per heavy atom. The Hall–Kier alpha value is -1.57. The van der Waals surface area contributed by atoms with Crippen molar-refractivity contribution in [1.82, 2.24) is 9.97 Å². The molecule has 2 aromatic rings. The number of piperidine rings is 1. The van der Waals surface area contributed by atoms with Gasteiger partial charge in [0.25, 0.3) is 0 Å². The molecule has 0 spiro atoms. The number of alkyl halides is 1. The third-order valence-electron chi connectivity index (χ3n) is 4.46. The van der Waals surface area contributed by atoms with Gasteiger partial charge in [-0.25, -0.2) is 14.4 Å². The number of rotatable bonds is 4. The molecule has 1 aliphatic rings. The van der Waals surface area contributed by atoms with E-state index in [9.17, 15) is 4.39 Å². The maximum atomic E-state index is 14.2. The molecule has 0 atom stereocenters. The molecule has 1 saturated heterocycles. The van der Waals surface area contributed by atoms with Gasteiger partial charge < -0.3 is 16.4 Å². The van der Waals surface area contributed by atoms with Crippen LogP contribution in [0, 0.1) is 6.92 Å². The first kappa shape index (κ1) is 18.2. The topological polar surface area (TPSA) is 81.1 Å². The molecule has 0 saturated carbocycles. The Morgan fingerprint density at radius 1 is 1.36 bits per heavy atom. The number of hydrogen-bond donors (Lipinski definition) is 2. The van der Waals surface area contributed by atoms with Crippen molar-refractivity contribution in [3.8, 4) is 0 Å². The van der Waals surface area contributed by atoms with Crippen LogP contribution in [0.4, 0.5) is 16.0 Å². The first-order valence-electron chi connectivity index (χ1n) is 8.11. The summed E-state index contributed by atoms with van der Waals surface area (Å²) >= 11 is 7.71. The molecule has 5 nitrogen and oxygen atoms in total. The lowest BCUT2D eigenvalue weighted by Gasteiger charge is -2.36. The Balaban J connectivity index is 1.74. The van der Waals surface area contributed by atoms with Crippen LogP contribution in [0.5, 0.6) is 0 Å². The summed E-state index contributed by atoms with van der Waals surface area (Å²) in [6, 6.07) is 5.82. The van der Waals surface area contributed by atoms with Crippen LogP contribution in [-0.2, 0) is 0 Å². The second kappa shape index (κ2) is 7.35. The summed E-state index contributed by atoms with van der Waals surface area (Å²) in [5.74, 6) is 1.01. The zero-order chi connectivity index (χ0) is 18.0. The summed E-state index contributed by atoms with van der Waals surface area (Å²) in [6.45, 7) is 3.12. The SMILES string of the molecule is Cc1cccc(Sc2ncc(N3CCC(F)(CN)CC3)nc2N)c1Cl. The van der Waals surface area contributed by atoms with Crippen LogP contribution in [0.3, 0.4) is 0 Å². The van der Waals surface area contributed by atoms with Crippen molar-refractivity contribution in [3.63, 3.8) is 0 Å². The van der Waals surface area contributed by atoms with Crippen molar-refractivity contribution in [2.45, 2.75) is 35.4 Å². The number of nitrogens with zero attached hydrogens (tertiary/aromatic N) is 3. The number of hydrogen-bond acceptors (Lipinski definition) is 6. The van der Waals surface area contributed by atoms with E-state index >= 15 is 0 Å². The first-order valence-corrected chi connectivity index (χ1v) is 9.31. The van der Waals surface area contributed by atoms with Crippen molar-refractivity contribution in [2.75, 3.05) is 30.3 Å². The van der Waals surface area contributed by atoms with Crippen LogP contribution in [0.25, 0.3) is 0 Å². The molecule has 0 aliphatic carbocycles. The number of halogens is 2. The van der Waals surface area contributed by atoms with Crippen molar-refractivity contribution >= 4 is 35.0 Å². The highest BCUT2D eigenvalue weighted by molar-refractivity contribution is 7.99. The van der Waals surface area contributed by atoms with E-state index in [1.807, 2.05) is 30.0 Å². The van der Waals surface area contributed by atoms with Gasteiger partial charge in [-0.05, 0) is 18.6 Å². The van der Waals surface area contributed by atoms with Gasteiger partial charge in [0, 0.05) is 37.4 Å². The lowest BCUT2D eigenvalue weighted by Crippen LogP contribution is -2.46. The molecule has 0 unspecified atom stereocenters. The Kier molecular flexibility index (Phi) is 5.36. The van der Waals surface area contributed by atoms with E-state index in [2.05, 4.69) is 9.97 Å². The Bertz CT molecular complexity index is 765. The normalized spacial score (nSPS) is 16.9. The average molecular weight is 382 g/mol. The second-order valence-corrected chi connectivity index (χ2v) is 7.66. The average Bonchev–Trinajstić information content (AvgIpc) is 2.61. The lowest BCUT2D eigenvalue weighted by atomic mass is 9.93. The number of aryl methyl sites for hydroxylation is 1. The molecule has 2 heterocycles. The zero-order valence-corrected chi connectivity index (χ0v) is 15.6. The van der Waals surface area contributed by atoms with Gasteiger partial charge in [0.15, 0.2) is 5.82 Å². The van der Waals surface area contributed by atoms with Crippen molar-refractivity contribution in [3.05, 3.63) is 35.0 Å². The van der Waals surface area contributed by atoms with Crippen LogP contribution < -0.4 is 16.4 Å². The van der Waals surface area contributed by atoms with Gasteiger partial charge >= 0.3 is 0 Å². The smallest absolute Gasteiger partial charge is 0.158 e. The van der Waals surface area contributed by atoms with Crippen LogP contribution in [0.15, 0.2) is 34.3 Å². The van der Waals surface area contributed by atoms with Gasteiger partial charge in [0.1, 0.15) is 16.5 Å². The van der Waals surface area contributed by atoms with Crippen LogP contribution in [-0.4, -0.2) is 35.3 Å². The minimum Gasteiger partial charge on any atom is -0.381 e. The Morgan fingerprint density at radius 3 is 2.72 bits per heavy atom. The molecule has 0 radical (unpaired) electrons. The van der Waals surface area contributed by atoms with Crippen molar-refractivity contribution in [1.29, 1.82) is 0 Å². The van der Waals surface area contributed by atoms with Crippen LogP contribution in [0.2, 0.25) is 5.02 Å². The summed E-state index contributed by atoms with van der Waals surface area (Å²) in [5, 5.41) is 1.30. The molecule has 3 rings (SSSR count). The fourth-order valence-corrected chi connectivity index (χ4v) is 3.86. The summed E-state index contributed by atoms with van der Waals surface area (Å²) in [4.78, 5) is 11.8. The molecule has 1 fully saturated rings. The highest BCUT2D eigenvalue weighted by Gasteiger charge is 2.33. The van der Waals surface area contributed by atoms with Crippen molar-refractivity contribution < 1.29 is 4.39 Å². The molecule has 8 heteroatoms. The first-order chi connectivity index (χ1) is 11.9. The highest BCUT2D eigenvalue weighted by Crippen LogP contribution is 2.36. The van der Waals surface area contributed by atoms with Crippen LogP contribution >= 0.6 is 23.4 Å². The number of nitrogen functional groups attached to an aromatic ring is 1. The van der Waals surface area contributed by atoms with E-state index in [-0.39, 0.29) is 6.54 Å². The molecule has 25 heavy (non-hydrogen) atoms. The molecule has 134 valence electrons. The summed E-state index contributed by atoms with van der Waals surface area (Å²) in [5.41, 5.74) is 11.3. The third kappa shape index (κ3) is 3.99. The molecule has 0 amide bonds. The summed E-state index contributed by atoms with van der Waals surface area (Å²) < 4.78 is 14.2. The maximum absolute atomic E-state index is 14.2.